The number of nitrogens with zero attached hydrogens (tertiary/aromatic N) is 3. The Morgan fingerprint density at radius 3 is 2.89 bits per heavy atom. The molecule has 0 radical (unpaired) electrons. The average Bonchev–Trinajstić information content (AvgIpc) is 2.68. The summed E-state index contributed by atoms with van der Waals surface area (Å²) in [6.45, 7) is 0.576. The van der Waals surface area contributed by atoms with Crippen LogP contribution in [0.5, 0.6) is 0 Å². The summed E-state index contributed by atoms with van der Waals surface area (Å²) in [5.41, 5.74) is 2.45. The maximum absolute atomic E-state index is 12.4. The van der Waals surface area contributed by atoms with E-state index in [1.54, 1.807) is 10.9 Å². The first-order valence-corrected chi connectivity index (χ1v) is 6.40. The van der Waals surface area contributed by atoms with Crippen LogP contribution in [0.25, 0.3) is 21.9 Å². The van der Waals surface area contributed by atoms with Crippen molar-refractivity contribution >= 4 is 34.6 Å². The normalized spacial score (nSPS) is 11.4. The Morgan fingerprint density at radius 1 is 1.33 bits per heavy atom. The number of para-hydroxylation sites is 1. The van der Waals surface area contributed by atoms with Gasteiger partial charge in [-0.2, -0.15) is 12.6 Å². The lowest BCUT2D eigenvalue weighted by Crippen LogP contribution is -2.22. The van der Waals surface area contributed by atoms with Gasteiger partial charge in [0.05, 0.1) is 11.8 Å². The maximum Gasteiger partial charge on any atom is 0.277 e. The molecule has 2 heterocycles. The zero-order chi connectivity index (χ0) is 12.7. The van der Waals surface area contributed by atoms with Crippen LogP contribution in [0.15, 0.2) is 35.4 Å². The fraction of sp³-hybridized carbons (Fsp3) is 0.231. The number of aryl methyl sites for hydroxylation is 2. The number of rotatable bonds is 2. The maximum atomic E-state index is 12.4. The summed E-state index contributed by atoms with van der Waals surface area (Å²) in [5, 5.41) is 1.02. The third kappa shape index (κ3) is 1.47. The highest BCUT2D eigenvalue weighted by Gasteiger charge is 2.13. The molecule has 18 heavy (non-hydrogen) atoms. The highest BCUT2D eigenvalue weighted by Crippen LogP contribution is 2.23. The Morgan fingerprint density at radius 2 is 2.11 bits per heavy atom. The summed E-state index contributed by atoms with van der Waals surface area (Å²) in [7, 11) is 1.90. The van der Waals surface area contributed by atoms with Gasteiger partial charge in [0.15, 0.2) is 0 Å². The van der Waals surface area contributed by atoms with E-state index in [4.69, 9.17) is 0 Å². The summed E-state index contributed by atoms with van der Waals surface area (Å²) >= 11 is 4.16. The van der Waals surface area contributed by atoms with Gasteiger partial charge in [-0.3, -0.25) is 9.36 Å². The summed E-state index contributed by atoms with van der Waals surface area (Å²) in [6, 6.07) is 7.92. The molecule has 0 spiro atoms. The molecule has 0 unspecified atom stereocenters. The number of hydrogen-bond donors (Lipinski definition) is 1. The van der Waals surface area contributed by atoms with E-state index in [-0.39, 0.29) is 5.56 Å². The van der Waals surface area contributed by atoms with E-state index >= 15 is 0 Å². The Bertz CT molecular complexity index is 788. The third-order valence-electron chi connectivity index (χ3n) is 3.21. The second-order valence-electron chi connectivity index (χ2n) is 4.24. The highest BCUT2D eigenvalue weighted by atomic mass is 32.1. The first-order chi connectivity index (χ1) is 8.74. The lowest BCUT2D eigenvalue weighted by Gasteiger charge is -2.03. The smallest absolute Gasteiger partial charge is 0.277 e. The molecule has 0 fully saturated rings. The molecule has 0 amide bonds. The first kappa shape index (κ1) is 11.3. The van der Waals surface area contributed by atoms with Crippen molar-refractivity contribution in [1.82, 2.24) is 14.1 Å². The van der Waals surface area contributed by atoms with E-state index in [0.29, 0.717) is 17.8 Å². The molecule has 92 valence electrons. The Hall–Kier alpha value is -1.75. The van der Waals surface area contributed by atoms with Crippen molar-refractivity contribution in [2.45, 2.75) is 6.54 Å². The molecule has 3 aromatic rings. The number of aromatic nitrogens is 3. The molecule has 1 aromatic carbocycles. The van der Waals surface area contributed by atoms with Crippen molar-refractivity contribution in [1.29, 1.82) is 0 Å². The predicted octanol–water partition coefficient (Wildman–Crippen LogP) is 1.82. The highest BCUT2D eigenvalue weighted by molar-refractivity contribution is 7.80. The fourth-order valence-electron chi connectivity index (χ4n) is 2.33. The van der Waals surface area contributed by atoms with Gasteiger partial charge >= 0.3 is 0 Å². The molecule has 4 nitrogen and oxygen atoms in total. The van der Waals surface area contributed by atoms with Gasteiger partial charge in [-0.1, -0.05) is 18.2 Å². The molecule has 3 rings (SSSR count). The van der Waals surface area contributed by atoms with Gasteiger partial charge in [-0.25, -0.2) is 4.98 Å². The lowest BCUT2D eigenvalue weighted by atomic mass is 10.2. The van der Waals surface area contributed by atoms with Gasteiger partial charge in [-0.05, 0) is 6.07 Å². The van der Waals surface area contributed by atoms with Gasteiger partial charge in [0.1, 0.15) is 11.0 Å². The fourth-order valence-corrected chi connectivity index (χ4v) is 2.55. The molecule has 0 aliphatic heterocycles. The Labute approximate surface area is 109 Å². The SMILES string of the molecule is Cn1c2ccccc2c2ncn(CCS)c(=O)c21. The van der Waals surface area contributed by atoms with E-state index in [0.717, 1.165) is 16.4 Å². The van der Waals surface area contributed by atoms with E-state index in [2.05, 4.69) is 17.6 Å². The third-order valence-corrected chi connectivity index (χ3v) is 3.41. The van der Waals surface area contributed by atoms with Gasteiger partial charge in [0, 0.05) is 24.7 Å². The minimum atomic E-state index is -0.00671. The number of benzene rings is 1. The van der Waals surface area contributed by atoms with E-state index in [1.807, 2.05) is 35.9 Å². The Balaban J connectivity index is 2.49. The quantitative estimate of drug-likeness (QED) is 0.713. The standard InChI is InChI=1S/C13H13N3OS/c1-15-10-5-3-2-4-9(10)11-12(15)13(17)16(6-7-18)8-14-11/h2-5,8,18H,6-7H2,1H3. The van der Waals surface area contributed by atoms with Crippen molar-refractivity contribution in [3.63, 3.8) is 0 Å². The minimum absolute atomic E-state index is 0.00671. The summed E-state index contributed by atoms with van der Waals surface area (Å²) < 4.78 is 3.52. The average molecular weight is 259 g/mol. The van der Waals surface area contributed by atoms with Gasteiger partial charge in [-0.15, -0.1) is 0 Å². The van der Waals surface area contributed by atoms with Crippen LogP contribution >= 0.6 is 12.6 Å². The molecule has 0 aliphatic carbocycles. The molecule has 0 aliphatic rings. The van der Waals surface area contributed by atoms with Crippen molar-refractivity contribution in [3.8, 4) is 0 Å². The zero-order valence-electron chi connectivity index (χ0n) is 10.00. The van der Waals surface area contributed by atoms with Gasteiger partial charge in [0.25, 0.3) is 5.56 Å². The zero-order valence-corrected chi connectivity index (χ0v) is 10.9. The van der Waals surface area contributed by atoms with Crippen LogP contribution in [0, 0.1) is 0 Å². The first-order valence-electron chi connectivity index (χ1n) is 5.77. The summed E-state index contributed by atoms with van der Waals surface area (Å²) in [6.07, 6.45) is 1.60. The molecule has 0 atom stereocenters. The predicted molar refractivity (Wildman–Crippen MR) is 76.3 cm³/mol. The largest absolute Gasteiger partial charge is 0.338 e. The summed E-state index contributed by atoms with van der Waals surface area (Å²) in [4.78, 5) is 16.8. The van der Waals surface area contributed by atoms with Gasteiger partial charge < -0.3 is 4.57 Å². The molecular weight excluding hydrogens is 246 g/mol. The van der Waals surface area contributed by atoms with Crippen LogP contribution in [0.3, 0.4) is 0 Å². The summed E-state index contributed by atoms with van der Waals surface area (Å²) in [5.74, 6) is 0.622. The van der Waals surface area contributed by atoms with Crippen LogP contribution in [0.1, 0.15) is 0 Å². The van der Waals surface area contributed by atoms with Gasteiger partial charge in [0.2, 0.25) is 0 Å². The number of thiol groups is 1. The molecule has 0 saturated heterocycles. The molecular formula is C13H13N3OS. The minimum Gasteiger partial charge on any atom is -0.338 e. The van der Waals surface area contributed by atoms with E-state index < -0.39 is 0 Å². The molecule has 2 aromatic heterocycles. The lowest BCUT2D eigenvalue weighted by molar-refractivity contribution is 0.721. The topological polar surface area (TPSA) is 39.8 Å². The molecule has 0 saturated carbocycles. The Kier molecular flexibility index (Phi) is 2.63. The second kappa shape index (κ2) is 4.17. The van der Waals surface area contributed by atoms with Crippen molar-refractivity contribution < 1.29 is 0 Å². The van der Waals surface area contributed by atoms with Crippen molar-refractivity contribution in [3.05, 3.63) is 40.9 Å². The number of hydrogen-bond acceptors (Lipinski definition) is 3. The van der Waals surface area contributed by atoms with Crippen LogP contribution in [0.4, 0.5) is 0 Å². The second-order valence-corrected chi connectivity index (χ2v) is 4.69. The van der Waals surface area contributed by atoms with Crippen molar-refractivity contribution in [2.24, 2.45) is 7.05 Å². The van der Waals surface area contributed by atoms with E-state index in [9.17, 15) is 4.79 Å². The monoisotopic (exact) mass is 259 g/mol. The van der Waals surface area contributed by atoms with E-state index in [1.165, 1.54) is 0 Å². The van der Waals surface area contributed by atoms with Crippen LogP contribution in [-0.2, 0) is 13.6 Å². The van der Waals surface area contributed by atoms with Crippen LogP contribution in [-0.4, -0.2) is 19.9 Å². The van der Waals surface area contributed by atoms with Crippen LogP contribution in [0.2, 0.25) is 0 Å². The van der Waals surface area contributed by atoms with Crippen molar-refractivity contribution in [2.75, 3.05) is 5.75 Å². The number of fused-ring (bicyclic) bond motifs is 3. The molecule has 0 bridgehead atoms. The molecule has 0 N–H and O–H groups in total. The molecule has 5 heteroatoms. The van der Waals surface area contributed by atoms with Crippen LogP contribution < -0.4 is 5.56 Å².